The number of nitrogens with one attached hydrogen (secondary N) is 1. The maximum Gasteiger partial charge on any atom is 0.264 e. The Balaban J connectivity index is 2.09. The molecule has 0 radical (unpaired) electrons. The molecule has 42 heavy (non-hydrogen) atoms. The summed E-state index contributed by atoms with van der Waals surface area (Å²) in [5, 5.41) is 3.35. The van der Waals surface area contributed by atoms with Crippen LogP contribution in [0.15, 0.2) is 71.6 Å². The van der Waals surface area contributed by atoms with Crippen LogP contribution >= 0.6 is 11.6 Å². The van der Waals surface area contributed by atoms with E-state index in [1.165, 1.54) is 23.1 Å². The number of benzene rings is 3. The van der Waals surface area contributed by atoms with Crippen molar-refractivity contribution in [3.05, 3.63) is 88.4 Å². The van der Waals surface area contributed by atoms with Crippen molar-refractivity contribution in [3.63, 3.8) is 0 Å². The maximum absolute atomic E-state index is 14.2. The smallest absolute Gasteiger partial charge is 0.264 e. The fourth-order valence-corrected chi connectivity index (χ4v) is 6.01. The van der Waals surface area contributed by atoms with E-state index in [9.17, 15) is 18.0 Å². The second kappa shape index (κ2) is 14.6. The van der Waals surface area contributed by atoms with Crippen molar-refractivity contribution >= 4 is 39.1 Å². The number of halogens is 1. The SMILES string of the molecule is CC[C@@H](C)NC(=O)[C@H](CC)N(Cc1cccc(OC)c1)C(=O)CN(c1ccc(C)c(Cl)c1)S(=O)(=O)c1ccc(C)cc1. The summed E-state index contributed by atoms with van der Waals surface area (Å²) in [6, 6.07) is 17.6. The van der Waals surface area contributed by atoms with Gasteiger partial charge in [-0.05, 0) is 81.1 Å². The molecule has 0 saturated heterocycles. The second-order valence-corrected chi connectivity index (χ2v) is 12.6. The highest BCUT2D eigenvalue weighted by atomic mass is 35.5. The fourth-order valence-electron chi connectivity index (χ4n) is 4.43. The van der Waals surface area contributed by atoms with Gasteiger partial charge in [0.05, 0.1) is 17.7 Å². The Hall–Kier alpha value is -3.56. The first kappa shape index (κ1) is 32.9. The molecule has 226 valence electrons. The third-order valence-corrected chi connectivity index (χ3v) is 9.40. The number of methoxy groups -OCH3 is 1. The topological polar surface area (TPSA) is 96.0 Å². The van der Waals surface area contributed by atoms with Gasteiger partial charge in [0.1, 0.15) is 18.3 Å². The molecule has 0 saturated carbocycles. The van der Waals surface area contributed by atoms with Gasteiger partial charge in [0.2, 0.25) is 11.8 Å². The highest BCUT2D eigenvalue weighted by Crippen LogP contribution is 2.29. The zero-order valence-electron chi connectivity index (χ0n) is 25.1. The first-order chi connectivity index (χ1) is 19.9. The van der Waals surface area contributed by atoms with Gasteiger partial charge in [0.25, 0.3) is 10.0 Å². The van der Waals surface area contributed by atoms with E-state index < -0.39 is 28.5 Å². The second-order valence-electron chi connectivity index (χ2n) is 10.4. The number of hydrogen-bond acceptors (Lipinski definition) is 5. The zero-order chi connectivity index (χ0) is 31.0. The number of carbonyl (C=O) groups is 2. The lowest BCUT2D eigenvalue weighted by atomic mass is 10.1. The maximum atomic E-state index is 14.2. The zero-order valence-corrected chi connectivity index (χ0v) is 26.6. The Morgan fingerprint density at radius 3 is 2.26 bits per heavy atom. The van der Waals surface area contributed by atoms with Crippen molar-refractivity contribution in [3.8, 4) is 5.75 Å². The van der Waals surface area contributed by atoms with Gasteiger partial charge in [-0.2, -0.15) is 0 Å². The summed E-state index contributed by atoms with van der Waals surface area (Å²) >= 11 is 6.40. The van der Waals surface area contributed by atoms with Gasteiger partial charge in [-0.15, -0.1) is 0 Å². The molecule has 2 atom stereocenters. The molecule has 0 unspecified atom stereocenters. The number of ether oxygens (including phenoxy) is 1. The average molecular weight is 614 g/mol. The Bertz CT molecular complexity index is 1490. The summed E-state index contributed by atoms with van der Waals surface area (Å²) in [6.45, 7) is 8.91. The normalized spacial score (nSPS) is 12.7. The lowest BCUT2D eigenvalue weighted by Gasteiger charge is -2.34. The van der Waals surface area contributed by atoms with E-state index in [0.717, 1.165) is 27.4 Å². The standard InChI is InChI=1S/C32H40ClN3O5S/c1-7-24(5)34-32(38)30(8-2)35(20-25-10-9-11-27(18-25)41-6)31(37)21-36(26-15-14-23(4)29(33)19-26)42(39,40)28-16-12-22(3)13-17-28/h9-19,24,30H,7-8,20-21H2,1-6H3,(H,34,38)/t24-,30+/m1/s1. The molecular weight excluding hydrogens is 574 g/mol. The molecule has 2 amide bonds. The van der Waals surface area contributed by atoms with E-state index in [-0.39, 0.29) is 29.1 Å². The number of nitrogens with zero attached hydrogens (tertiary/aromatic N) is 2. The van der Waals surface area contributed by atoms with Crippen LogP contribution in [0.1, 0.15) is 50.3 Å². The summed E-state index contributed by atoms with van der Waals surface area (Å²) in [6.07, 6.45) is 1.06. The minimum atomic E-state index is -4.18. The van der Waals surface area contributed by atoms with E-state index in [2.05, 4.69) is 5.32 Å². The van der Waals surface area contributed by atoms with Crippen LogP contribution in [0.4, 0.5) is 5.69 Å². The van der Waals surface area contributed by atoms with Gasteiger partial charge in [0.15, 0.2) is 0 Å². The Labute approximate surface area is 254 Å². The number of anilines is 1. The van der Waals surface area contributed by atoms with E-state index >= 15 is 0 Å². The largest absolute Gasteiger partial charge is 0.497 e. The summed E-state index contributed by atoms with van der Waals surface area (Å²) in [4.78, 5) is 29.1. The average Bonchev–Trinajstić information content (AvgIpc) is 2.97. The van der Waals surface area contributed by atoms with Gasteiger partial charge in [-0.1, -0.05) is 61.3 Å². The van der Waals surface area contributed by atoms with Crippen molar-refractivity contribution < 1.29 is 22.7 Å². The third kappa shape index (κ3) is 8.04. The first-order valence-corrected chi connectivity index (χ1v) is 15.8. The predicted octanol–water partition coefficient (Wildman–Crippen LogP) is 5.88. The van der Waals surface area contributed by atoms with Crippen LogP contribution in [0.3, 0.4) is 0 Å². The molecule has 0 spiro atoms. The molecule has 1 N–H and O–H groups in total. The van der Waals surface area contributed by atoms with Crippen molar-refractivity contribution in [2.45, 2.75) is 71.0 Å². The number of amides is 2. The van der Waals surface area contributed by atoms with Crippen molar-refractivity contribution in [1.29, 1.82) is 0 Å². The van der Waals surface area contributed by atoms with Crippen LogP contribution < -0.4 is 14.4 Å². The minimum Gasteiger partial charge on any atom is -0.497 e. The molecule has 0 bridgehead atoms. The molecule has 0 heterocycles. The number of carbonyl (C=O) groups excluding carboxylic acids is 2. The molecule has 0 aliphatic rings. The molecule has 3 rings (SSSR count). The lowest BCUT2D eigenvalue weighted by Crippen LogP contribution is -2.53. The fraction of sp³-hybridized carbons (Fsp3) is 0.375. The van der Waals surface area contributed by atoms with Crippen LogP contribution in [-0.2, 0) is 26.2 Å². The molecular formula is C32H40ClN3O5S. The lowest BCUT2D eigenvalue weighted by molar-refractivity contribution is -0.140. The van der Waals surface area contributed by atoms with Gasteiger partial charge >= 0.3 is 0 Å². The number of hydrogen-bond donors (Lipinski definition) is 1. The Kier molecular flexibility index (Phi) is 11.4. The van der Waals surface area contributed by atoms with Gasteiger partial charge in [0, 0.05) is 17.6 Å². The third-order valence-electron chi connectivity index (χ3n) is 7.21. The van der Waals surface area contributed by atoms with Crippen LogP contribution in [-0.4, -0.2) is 50.9 Å². The van der Waals surface area contributed by atoms with E-state index in [0.29, 0.717) is 17.2 Å². The van der Waals surface area contributed by atoms with Gasteiger partial charge in [-0.3, -0.25) is 13.9 Å². The van der Waals surface area contributed by atoms with Gasteiger partial charge in [-0.25, -0.2) is 8.42 Å². The molecule has 0 aromatic heterocycles. The van der Waals surface area contributed by atoms with Gasteiger partial charge < -0.3 is 15.0 Å². The molecule has 0 aliphatic carbocycles. The van der Waals surface area contributed by atoms with Crippen LogP contribution in [0.25, 0.3) is 0 Å². The Morgan fingerprint density at radius 1 is 0.976 bits per heavy atom. The van der Waals surface area contributed by atoms with Crippen molar-refractivity contribution in [2.24, 2.45) is 0 Å². The minimum absolute atomic E-state index is 0.0403. The molecule has 10 heteroatoms. The molecule has 8 nitrogen and oxygen atoms in total. The summed E-state index contributed by atoms with van der Waals surface area (Å²) in [7, 11) is -2.63. The number of aryl methyl sites for hydroxylation is 2. The number of rotatable bonds is 13. The molecule has 0 fully saturated rings. The molecule has 0 aliphatic heterocycles. The number of sulfonamides is 1. The van der Waals surface area contributed by atoms with E-state index in [4.69, 9.17) is 16.3 Å². The first-order valence-electron chi connectivity index (χ1n) is 14.0. The van der Waals surface area contributed by atoms with Crippen molar-refractivity contribution in [1.82, 2.24) is 10.2 Å². The summed E-state index contributed by atoms with van der Waals surface area (Å²) in [5.41, 5.74) is 2.66. The van der Waals surface area contributed by atoms with Crippen LogP contribution in [0, 0.1) is 13.8 Å². The molecule has 3 aromatic rings. The van der Waals surface area contributed by atoms with Crippen LogP contribution in [0.2, 0.25) is 5.02 Å². The highest BCUT2D eigenvalue weighted by molar-refractivity contribution is 7.92. The summed E-state index contributed by atoms with van der Waals surface area (Å²) < 4.78 is 34.4. The Morgan fingerprint density at radius 2 is 1.67 bits per heavy atom. The van der Waals surface area contributed by atoms with E-state index in [1.54, 1.807) is 49.6 Å². The van der Waals surface area contributed by atoms with Crippen LogP contribution in [0.5, 0.6) is 5.75 Å². The van der Waals surface area contributed by atoms with E-state index in [1.807, 2.05) is 40.7 Å². The monoisotopic (exact) mass is 613 g/mol. The van der Waals surface area contributed by atoms with Crippen molar-refractivity contribution in [2.75, 3.05) is 18.0 Å². The predicted molar refractivity (Wildman–Crippen MR) is 167 cm³/mol. The highest BCUT2D eigenvalue weighted by Gasteiger charge is 2.34. The quantitative estimate of drug-likeness (QED) is 0.260. The molecule has 3 aromatic carbocycles. The summed E-state index contributed by atoms with van der Waals surface area (Å²) in [5.74, 6) is -0.222.